The first kappa shape index (κ1) is 21.5. The molecule has 0 unspecified atom stereocenters. The highest BCUT2D eigenvalue weighted by Gasteiger charge is 2.17. The van der Waals surface area contributed by atoms with E-state index in [-0.39, 0.29) is 11.5 Å². The Balaban J connectivity index is 1.96. The molecule has 7 heteroatoms. The fourth-order valence-electron chi connectivity index (χ4n) is 3.26. The van der Waals surface area contributed by atoms with Crippen molar-refractivity contribution in [3.05, 3.63) is 69.3 Å². The summed E-state index contributed by atoms with van der Waals surface area (Å²) in [5.74, 6) is -0.358. The standard InChI is InChI=1S/C22H24Cl2N4O/c1-3-14-12-27-21-15(16(14)13-26-11-10-25-2)6-4-9-19(21)28-22(29)20-17(23)7-5-8-18(20)24/h4-9,12,25-26H,3,10-11,13H2,1-2H3,(H,28,29). The van der Waals surface area contributed by atoms with E-state index in [1.807, 2.05) is 31.4 Å². The summed E-state index contributed by atoms with van der Waals surface area (Å²) < 4.78 is 0. The Morgan fingerprint density at radius 3 is 2.48 bits per heavy atom. The van der Waals surface area contributed by atoms with Gasteiger partial charge in [0, 0.05) is 31.2 Å². The Bertz CT molecular complexity index is 1000. The fourth-order valence-corrected chi connectivity index (χ4v) is 3.83. The maximum Gasteiger partial charge on any atom is 0.258 e. The topological polar surface area (TPSA) is 66.0 Å². The van der Waals surface area contributed by atoms with Crippen LogP contribution in [-0.4, -0.2) is 31.0 Å². The Labute approximate surface area is 180 Å². The van der Waals surface area contributed by atoms with Crippen LogP contribution in [0.2, 0.25) is 10.0 Å². The van der Waals surface area contributed by atoms with Crippen molar-refractivity contribution in [3.63, 3.8) is 0 Å². The average molecular weight is 431 g/mol. The number of pyridine rings is 1. The first-order chi connectivity index (χ1) is 14.1. The minimum Gasteiger partial charge on any atom is -0.320 e. The molecule has 0 aliphatic carbocycles. The summed E-state index contributed by atoms with van der Waals surface area (Å²) in [5, 5.41) is 11.2. The molecule has 0 radical (unpaired) electrons. The van der Waals surface area contributed by atoms with Crippen LogP contribution >= 0.6 is 23.2 Å². The summed E-state index contributed by atoms with van der Waals surface area (Å²) in [7, 11) is 1.93. The summed E-state index contributed by atoms with van der Waals surface area (Å²) in [6, 6.07) is 10.8. The number of fused-ring (bicyclic) bond motifs is 1. The maximum atomic E-state index is 12.8. The van der Waals surface area contributed by atoms with Crippen LogP contribution < -0.4 is 16.0 Å². The number of amides is 1. The van der Waals surface area contributed by atoms with Gasteiger partial charge in [-0.15, -0.1) is 0 Å². The van der Waals surface area contributed by atoms with E-state index in [4.69, 9.17) is 23.2 Å². The number of carbonyl (C=O) groups excluding carboxylic acids is 1. The number of likely N-dealkylation sites (N-methyl/N-ethyl adjacent to an activating group) is 1. The maximum absolute atomic E-state index is 12.8. The molecule has 0 atom stereocenters. The molecule has 3 rings (SSSR count). The number of rotatable bonds is 8. The van der Waals surface area contributed by atoms with E-state index >= 15 is 0 Å². The number of aryl methyl sites for hydroxylation is 1. The predicted molar refractivity (Wildman–Crippen MR) is 121 cm³/mol. The number of halogens is 2. The molecule has 152 valence electrons. The second-order valence-corrected chi connectivity index (χ2v) is 7.46. The normalized spacial score (nSPS) is 11.0. The quantitative estimate of drug-likeness (QED) is 0.454. The monoisotopic (exact) mass is 430 g/mol. The van der Waals surface area contributed by atoms with E-state index in [9.17, 15) is 4.79 Å². The summed E-state index contributed by atoms with van der Waals surface area (Å²) >= 11 is 12.4. The van der Waals surface area contributed by atoms with Gasteiger partial charge in [-0.3, -0.25) is 9.78 Å². The molecule has 1 amide bonds. The highest BCUT2D eigenvalue weighted by atomic mass is 35.5. The van der Waals surface area contributed by atoms with Gasteiger partial charge in [0.15, 0.2) is 0 Å². The minimum atomic E-state index is -0.358. The van der Waals surface area contributed by atoms with Gasteiger partial charge in [-0.1, -0.05) is 48.3 Å². The molecule has 0 saturated heterocycles. The molecule has 0 spiro atoms. The number of hydrogen-bond acceptors (Lipinski definition) is 4. The van der Waals surface area contributed by atoms with E-state index < -0.39 is 0 Å². The zero-order valence-electron chi connectivity index (χ0n) is 16.5. The largest absolute Gasteiger partial charge is 0.320 e. The number of aromatic nitrogens is 1. The van der Waals surface area contributed by atoms with Crippen LogP contribution in [0.25, 0.3) is 10.9 Å². The molecule has 0 saturated carbocycles. The Morgan fingerprint density at radius 1 is 1.07 bits per heavy atom. The summed E-state index contributed by atoms with van der Waals surface area (Å²) in [5.41, 5.74) is 4.01. The van der Waals surface area contributed by atoms with E-state index in [1.54, 1.807) is 18.2 Å². The van der Waals surface area contributed by atoms with Crippen LogP contribution in [0, 0.1) is 0 Å². The van der Waals surface area contributed by atoms with Crippen LogP contribution in [0.15, 0.2) is 42.6 Å². The fraction of sp³-hybridized carbons (Fsp3) is 0.273. The molecule has 1 heterocycles. The number of carbonyl (C=O) groups is 1. The van der Waals surface area contributed by atoms with Crippen molar-refractivity contribution >= 4 is 45.7 Å². The van der Waals surface area contributed by atoms with Crippen molar-refractivity contribution in [2.24, 2.45) is 0 Å². The number of nitrogens with zero attached hydrogens (tertiary/aromatic N) is 1. The molecule has 3 aromatic rings. The van der Waals surface area contributed by atoms with Gasteiger partial charge >= 0.3 is 0 Å². The van der Waals surface area contributed by atoms with Gasteiger partial charge in [-0.2, -0.15) is 0 Å². The highest BCUT2D eigenvalue weighted by Crippen LogP contribution is 2.29. The third kappa shape index (κ3) is 4.87. The van der Waals surface area contributed by atoms with Crippen LogP contribution in [-0.2, 0) is 13.0 Å². The third-order valence-electron chi connectivity index (χ3n) is 4.77. The lowest BCUT2D eigenvalue weighted by Gasteiger charge is -2.15. The Kier molecular flexibility index (Phi) is 7.45. The molecule has 29 heavy (non-hydrogen) atoms. The number of anilines is 1. The number of benzene rings is 2. The summed E-state index contributed by atoms with van der Waals surface area (Å²) in [6.45, 7) is 4.61. The molecule has 0 bridgehead atoms. The molecular weight excluding hydrogens is 407 g/mol. The van der Waals surface area contributed by atoms with Gasteiger partial charge in [0.05, 0.1) is 26.8 Å². The molecule has 2 aromatic carbocycles. The smallest absolute Gasteiger partial charge is 0.258 e. The molecule has 1 aromatic heterocycles. The summed E-state index contributed by atoms with van der Waals surface area (Å²) in [4.78, 5) is 17.5. The molecule has 0 aliphatic heterocycles. The van der Waals surface area contributed by atoms with Crippen molar-refractivity contribution in [2.75, 3.05) is 25.5 Å². The Morgan fingerprint density at radius 2 is 1.79 bits per heavy atom. The van der Waals surface area contributed by atoms with Crippen molar-refractivity contribution in [1.29, 1.82) is 0 Å². The van der Waals surface area contributed by atoms with Crippen molar-refractivity contribution in [3.8, 4) is 0 Å². The van der Waals surface area contributed by atoms with Crippen LogP contribution in [0.5, 0.6) is 0 Å². The molecule has 3 N–H and O–H groups in total. The molecule has 0 fully saturated rings. The molecular formula is C22H24Cl2N4O. The minimum absolute atomic E-state index is 0.256. The first-order valence-electron chi connectivity index (χ1n) is 9.57. The lowest BCUT2D eigenvalue weighted by molar-refractivity contribution is 0.102. The lowest BCUT2D eigenvalue weighted by Crippen LogP contribution is -2.25. The van der Waals surface area contributed by atoms with Crippen LogP contribution in [0.1, 0.15) is 28.4 Å². The zero-order valence-corrected chi connectivity index (χ0v) is 18.0. The van der Waals surface area contributed by atoms with Gasteiger partial charge in [0.2, 0.25) is 0 Å². The number of para-hydroxylation sites is 1. The van der Waals surface area contributed by atoms with Gasteiger partial charge in [0.1, 0.15) is 0 Å². The van der Waals surface area contributed by atoms with E-state index in [2.05, 4.69) is 27.9 Å². The van der Waals surface area contributed by atoms with Crippen molar-refractivity contribution in [1.82, 2.24) is 15.6 Å². The second-order valence-electron chi connectivity index (χ2n) is 6.65. The number of nitrogens with one attached hydrogen (secondary N) is 3. The molecule has 5 nitrogen and oxygen atoms in total. The van der Waals surface area contributed by atoms with Gasteiger partial charge in [-0.05, 0) is 42.8 Å². The SMILES string of the molecule is CCc1cnc2c(NC(=O)c3c(Cl)cccc3Cl)cccc2c1CNCCNC. The van der Waals surface area contributed by atoms with E-state index in [1.165, 1.54) is 11.1 Å². The second kappa shape index (κ2) is 10.0. The highest BCUT2D eigenvalue weighted by molar-refractivity contribution is 6.40. The predicted octanol–water partition coefficient (Wildman–Crippen LogP) is 4.67. The first-order valence-corrected chi connectivity index (χ1v) is 10.3. The summed E-state index contributed by atoms with van der Waals surface area (Å²) in [6.07, 6.45) is 2.77. The lowest BCUT2D eigenvalue weighted by atomic mass is 10.0. The van der Waals surface area contributed by atoms with E-state index in [0.29, 0.717) is 15.7 Å². The zero-order chi connectivity index (χ0) is 20.8. The van der Waals surface area contributed by atoms with Crippen molar-refractivity contribution < 1.29 is 4.79 Å². The van der Waals surface area contributed by atoms with E-state index in [0.717, 1.165) is 37.0 Å². The van der Waals surface area contributed by atoms with Crippen LogP contribution in [0.4, 0.5) is 5.69 Å². The van der Waals surface area contributed by atoms with Gasteiger partial charge in [-0.25, -0.2) is 0 Å². The third-order valence-corrected chi connectivity index (χ3v) is 5.40. The van der Waals surface area contributed by atoms with Crippen molar-refractivity contribution in [2.45, 2.75) is 19.9 Å². The number of hydrogen-bond donors (Lipinski definition) is 3. The molecule has 0 aliphatic rings. The van der Waals surface area contributed by atoms with Gasteiger partial charge < -0.3 is 16.0 Å². The van der Waals surface area contributed by atoms with Crippen LogP contribution in [0.3, 0.4) is 0 Å². The Hall–Kier alpha value is -2.18. The van der Waals surface area contributed by atoms with Gasteiger partial charge in [0.25, 0.3) is 5.91 Å². The average Bonchev–Trinajstić information content (AvgIpc) is 2.71.